The minimum atomic E-state index is -0.0974. The molecule has 48 heavy (non-hydrogen) atoms. The Balaban J connectivity index is 1.75. The van der Waals surface area contributed by atoms with Crippen molar-refractivity contribution in [2.45, 2.75) is 13.2 Å². The lowest BCUT2D eigenvalue weighted by molar-refractivity contribution is 0.298. The number of ether oxygens (including phenoxy) is 2. The number of nitriles is 4. The second kappa shape index (κ2) is 14.2. The molecule has 0 N–H and O–H groups in total. The van der Waals surface area contributed by atoms with E-state index in [0.717, 1.165) is 21.5 Å². The summed E-state index contributed by atoms with van der Waals surface area (Å²) in [6.07, 6.45) is 6.37. The van der Waals surface area contributed by atoms with Gasteiger partial charge in [-0.2, -0.15) is 21.0 Å². The number of benzene rings is 4. The van der Waals surface area contributed by atoms with Crippen molar-refractivity contribution in [3.8, 4) is 46.9 Å². The Bertz CT molecular complexity index is 2190. The van der Waals surface area contributed by atoms with Gasteiger partial charge < -0.3 is 9.47 Å². The summed E-state index contributed by atoms with van der Waals surface area (Å²) in [4.78, 5) is 8.86. The second-order valence-electron chi connectivity index (χ2n) is 10.6. The van der Waals surface area contributed by atoms with E-state index in [9.17, 15) is 21.0 Å². The van der Waals surface area contributed by atoms with Crippen molar-refractivity contribution in [1.82, 2.24) is 9.97 Å². The first-order valence-corrected chi connectivity index (χ1v) is 14.8. The number of allylic oxidation sites excluding steroid dienone is 2. The third-order valence-electron chi connectivity index (χ3n) is 7.57. The van der Waals surface area contributed by atoms with Gasteiger partial charge in [0, 0.05) is 34.6 Å². The van der Waals surface area contributed by atoms with Crippen LogP contribution in [0.4, 0.5) is 0 Å². The molecule has 0 aliphatic carbocycles. The maximum atomic E-state index is 9.74. The Hall–Kier alpha value is -7.26. The summed E-state index contributed by atoms with van der Waals surface area (Å²) < 4.78 is 13.2. The maximum absolute atomic E-state index is 9.74. The zero-order valence-electron chi connectivity index (χ0n) is 25.5. The molecule has 0 saturated heterocycles. The fourth-order valence-corrected chi connectivity index (χ4v) is 5.47. The predicted molar refractivity (Wildman–Crippen MR) is 182 cm³/mol. The van der Waals surface area contributed by atoms with Gasteiger partial charge in [0.25, 0.3) is 0 Å². The van der Waals surface area contributed by atoms with E-state index in [1.807, 2.05) is 121 Å². The van der Waals surface area contributed by atoms with Crippen molar-refractivity contribution >= 4 is 33.7 Å². The minimum Gasteiger partial charge on any atom is -0.486 e. The van der Waals surface area contributed by atoms with Crippen molar-refractivity contribution in [3.05, 3.63) is 143 Å². The predicted octanol–water partition coefficient (Wildman–Crippen LogP) is 8.47. The molecule has 0 aliphatic rings. The van der Waals surface area contributed by atoms with Crippen LogP contribution in [0.3, 0.4) is 0 Å². The Morgan fingerprint density at radius 1 is 0.542 bits per heavy atom. The van der Waals surface area contributed by atoms with Crippen LogP contribution in [-0.2, 0) is 13.2 Å². The van der Waals surface area contributed by atoms with E-state index in [2.05, 4.69) is 9.97 Å². The van der Waals surface area contributed by atoms with Crippen LogP contribution >= 0.6 is 0 Å². The molecule has 4 aromatic carbocycles. The van der Waals surface area contributed by atoms with Crippen LogP contribution in [0.2, 0.25) is 0 Å². The van der Waals surface area contributed by atoms with Gasteiger partial charge in [-0.25, -0.2) is 0 Å². The molecule has 6 aromatic rings. The summed E-state index contributed by atoms with van der Waals surface area (Å²) in [5, 5.41) is 42.2. The van der Waals surface area contributed by atoms with Gasteiger partial charge in [0.2, 0.25) is 0 Å². The molecule has 0 aliphatic heterocycles. The molecule has 6 rings (SSSR count). The Kier molecular flexibility index (Phi) is 9.12. The van der Waals surface area contributed by atoms with Gasteiger partial charge in [-0.05, 0) is 70.1 Å². The summed E-state index contributed by atoms with van der Waals surface area (Å²) in [5.74, 6) is 0.800. The van der Waals surface area contributed by atoms with Gasteiger partial charge in [-0.15, -0.1) is 0 Å². The maximum Gasteiger partial charge on any atom is 0.135 e. The molecule has 0 atom stereocenters. The van der Waals surface area contributed by atoms with Gasteiger partial charge in [-0.3, -0.25) is 9.97 Å². The van der Waals surface area contributed by atoms with Crippen LogP contribution < -0.4 is 9.47 Å². The third kappa shape index (κ3) is 6.42. The molecule has 8 nitrogen and oxygen atoms in total. The van der Waals surface area contributed by atoms with E-state index in [0.29, 0.717) is 45.1 Å². The SMILES string of the molecule is N#CC(C#N)=Cc1cc2ccccc2c(-c2c(OCc3ccccn3)c(C=C(C#N)C#N)cc3ccccc23)c1OCc1ccccn1. The van der Waals surface area contributed by atoms with E-state index < -0.39 is 0 Å². The number of hydrogen-bond donors (Lipinski definition) is 0. The fraction of sp³-hybridized carbons (Fsp3) is 0.0500. The van der Waals surface area contributed by atoms with Crippen LogP contribution in [0.15, 0.2) is 121 Å². The molecule has 2 aromatic heterocycles. The molecule has 226 valence electrons. The number of pyridine rings is 2. The van der Waals surface area contributed by atoms with Crippen LogP contribution in [-0.4, -0.2) is 9.97 Å². The summed E-state index contributed by atoms with van der Waals surface area (Å²) in [6, 6.07) is 38.2. The first-order chi connectivity index (χ1) is 23.6. The largest absolute Gasteiger partial charge is 0.486 e. The zero-order valence-corrected chi connectivity index (χ0v) is 25.5. The summed E-state index contributed by atoms with van der Waals surface area (Å²) in [7, 11) is 0. The van der Waals surface area contributed by atoms with Crippen molar-refractivity contribution in [2.24, 2.45) is 0 Å². The van der Waals surface area contributed by atoms with Gasteiger partial charge >= 0.3 is 0 Å². The minimum absolute atomic E-state index is 0.0934. The number of aromatic nitrogens is 2. The molecule has 0 unspecified atom stereocenters. The topological polar surface area (TPSA) is 139 Å². The Morgan fingerprint density at radius 3 is 1.31 bits per heavy atom. The highest BCUT2D eigenvalue weighted by Crippen LogP contribution is 2.49. The first kappa shape index (κ1) is 30.8. The lowest BCUT2D eigenvalue weighted by atomic mass is 9.88. The molecular formula is C40H24N6O2. The molecule has 0 fully saturated rings. The average Bonchev–Trinajstić information content (AvgIpc) is 3.14. The summed E-state index contributed by atoms with van der Waals surface area (Å²) in [6.45, 7) is 0.187. The van der Waals surface area contributed by atoms with Crippen molar-refractivity contribution in [2.75, 3.05) is 0 Å². The highest BCUT2D eigenvalue weighted by atomic mass is 16.5. The van der Waals surface area contributed by atoms with Crippen LogP contribution in [0.5, 0.6) is 11.5 Å². The molecule has 2 heterocycles. The standard InChI is InChI=1S/C40H24N6O2/c41-21-27(22-42)17-31-19-29-9-1-3-13-35(29)37(39(31)47-25-33-11-5-7-15-45-33)38-36-14-4-2-10-30(36)20-32(18-28(23-43)24-44)40(38)48-26-34-12-6-8-16-46-34/h1-20H,25-26H2. The molecule has 0 radical (unpaired) electrons. The fourth-order valence-electron chi connectivity index (χ4n) is 5.47. The van der Waals surface area contributed by atoms with Crippen LogP contribution in [0.1, 0.15) is 22.5 Å². The molecule has 8 heteroatoms. The van der Waals surface area contributed by atoms with E-state index in [1.54, 1.807) is 12.4 Å². The van der Waals surface area contributed by atoms with E-state index in [4.69, 9.17) is 9.47 Å². The molecule has 0 spiro atoms. The monoisotopic (exact) mass is 620 g/mol. The highest BCUT2D eigenvalue weighted by molar-refractivity contribution is 6.12. The van der Waals surface area contributed by atoms with Crippen LogP contribution in [0.25, 0.3) is 44.8 Å². The van der Waals surface area contributed by atoms with E-state index in [-0.39, 0.29) is 24.4 Å². The number of fused-ring (bicyclic) bond motifs is 2. The Labute approximate surface area is 276 Å². The summed E-state index contributed by atoms with van der Waals surface area (Å²) >= 11 is 0. The van der Waals surface area contributed by atoms with Gasteiger partial charge in [0.15, 0.2) is 0 Å². The number of rotatable bonds is 9. The molecule has 0 saturated carbocycles. The smallest absolute Gasteiger partial charge is 0.135 e. The lowest BCUT2D eigenvalue weighted by Gasteiger charge is -2.23. The Morgan fingerprint density at radius 2 is 0.938 bits per heavy atom. The second-order valence-corrected chi connectivity index (χ2v) is 10.6. The van der Waals surface area contributed by atoms with Crippen molar-refractivity contribution in [1.29, 1.82) is 21.0 Å². The highest BCUT2D eigenvalue weighted by Gasteiger charge is 2.24. The average molecular weight is 621 g/mol. The summed E-state index contributed by atoms with van der Waals surface area (Å²) in [5.41, 5.74) is 3.45. The van der Waals surface area contributed by atoms with Gasteiger partial charge in [0.05, 0.1) is 11.4 Å². The van der Waals surface area contributed by atoms with Gasteiger partial charge in [-0.1, -0.05) is 60.7 Å². The number of hydrogen-bond acceptors (Lipinski definition) is 8. The van der Waals surface area contributed by atoms with Crippen molar-refractivity contribution < 1.29 is 9.47 Å². The van der Waals surface area contributed by atoms with E-state index in [1.165, 1.54) is 12.2 Å². The first-order valence-electron chi connectivity index (χ1n) is 14.8. The van der Waals surface area contributed by atoms with Gasteiger partial charge in [0.1, 0.15) is 60.1 Å². The quantitative estimate of drug-likeness (QED) is 0.147. The normalized spacial score (nSPS) is 10.2. The van der Waals surface area contributed by atoms with Crippen molar-refractivity contribution in [3.63, 3.8) is 0 Å². The zero-order chi connectivity index (χ0) is 33.3. The molecule has 0 amide bonds. The lowest BCUT2D eigenvalue weighted by Crippen LogP contribution is -2.05. The third-order valence-corrected chi connectivity index (χ3v) is 7.57. The molecule has 0 bridgehead atoms. The van der Waals surface area contributed by atoms with E-state index >= 15 is 0 Å². The molecular weight excluding hydrogens is 596 g/mol. The van der Waals surface area contributed by atoms with Crippen LogP contribution in [0, 0.1) is 45.3 Å². The number of nitrogens with zero attached hydrogens (tertiary/aromatic N) is 6.